The van der Waals surface area contributed by atoms with Gasteiger partial charge in [-0.25, -0.2) is 0 Å². The molecule has 0 aromatic carbocycles. The third kappa shape index (κ3) is 2.96. The number of anilines is 1. The molecule has 5 N–H and O–H groups in total. The molecule has 0 bridgehead atoms. The molecule has 0 spiro atoms. The Labute approximate surface area is 99.1 Å². The van der Waals surface area contributed by atoms with Crippen molar-refractivity contribution < 1.29 is 9.59 Å². The third-order valence-corrected chi connectivity index (χ3v) is 2.45. The van der Waals surface area contributed by atoms with E-state index in [0.29, 0.717) is 0 Å². The Kier molecular flexibility index (Phi) is 3.72. The third-order valence-electron chi connectivity index (χ3n) is 2.45. The fraction of sp³-hybridized carbons (Fsp3) is 0.500. The van der Waals surface area contributed by atoms with Gasteiger partial charge in [-0.2, -0.15) is 5.10 Å². The van der Waals surface area contributed by atoms with Gasteiger partial charge in [0.25, 0.3) is 5.91 Å². The monoisotopic (exact) mass is 239 g/mol. The highest BCUT2D eigenvalue weighted by molar-refractivity contribution is 5.98. The molecule has 17 heavy (non-hydrogen) atoms. The molecule has 0 aliphatic rings. The van der Waals surface area contributed by atoms with Crippen molar-refractivity contribution in [3.8, 4) is 0 Å². The number of aromatic amines is 1. The molecule has 0 aliphatic carbocycles. The van der Waals surface area contributed by atoms with Gasteiger partial charge < -0.3 is 16.4 Å². The van der Waals surface area contributed by atoms with Crippen LogP contribution in [0.2, 0.25) is 0 Å². The van der Waals surface area contributed by atoms with E-state index in [0.717, 1.165) is 0 Å². The molecule has 7 heteroatoms. The summed E-state index contributed by atoms with van der Waals surface area (Å²) in [5.74, 6) is -0.286. The molecule has 0 atom stereocenters. The Bertz CT molecular complexity index is 424. The molecule has 7 nitrogen and oxygen atoms in total. The Balaban J connectivity index is 2.60. The molecule has 1 heterocycles. The second-order valence-corrected chi connectivity index (χ2v) is 4.34. The highest BCUT2D eigenvalue weighted by atomic mass is 16.2. The van der Waals surface area contributed by atoms with Crippen molar-refractivity contribution in [1.29, 1.82) is 0 Å². The second kappa shape index (κ2) is 4.86. The lowest BCUT2D eigenvalue weighted by atomic mass is 9.92. The molecule has 1 rings (SSSR count). The molecular weight excluding hydrogens is 222 g/mol. The predicted octanol–water partition coefficient (Wildman–Crippen LogP) is -0.506. The molecule has 2 amide bonds. The van der Waals surface area contributed by atoms with Crippen molar-refractivity contribution in [2.75, 3.05) is 19.3 Å². The van der Waals surface area contributed by atoms with Gasteiger partial charge in [0.05, 0.1) is 11.6 Å². The number of amides is 2. The first-order valence-corrected chi connectivity index (χ1v) is 5.17. The van der Waals surface area contributed by atoms with E-state index in [2.05, 4.69) is 20.8 Å². The number of carbonyl (C=O) groups excluding carboxylic acids is 2. The van der Waals surface area contributed by atoms with Crippen molar-refractivity contribution in [1.82, 2.24) is 20.8 Å². The number of carbonyl (C=O) groups is 2. The van der Waals surface area contributed by atoms with E-state index < -0.39 is 5.41 Å². The van der Waals surface area contributed by atoms with E-state index in [1.807, 2.05) is 0 Å². The highest BCUT2D eigenvalue weighted by Gasteiger charge is 2.27. The molecule has 1 aromatic rings. The average molecular weight is 239 g/mol. The van der Waals surface area contributed by atoms with Gasteiger partial charge in [-0.05, 0) is 13.8 Å². The average Bonchev–Trinajstić information content (AvgIpc) is 2.71. The summed E-state index contributed by atoms with van der Waals surface area (Å²) in [5.41, 5.74) is 5.11. The van der Waals surface area contributed by atoms with Gasteiger partial charge in [-0.15, -0.1) is 0 Å². The lowest BCUT2D eigenvalue weighted by molar-refractivity contribution is -0.128. The van der Waals surface area contributed by atoms with Crippen molar-refractivity contribution in [2.45, 2.75) is 13.8 Å². The molecule has 0 unspecified atom stereocenters. The molecule has 1 aromatic heterocycles. The van der Waals surface area contributed by atoms with Gasteiger partial charge in [0.2, 0.25) is 5.91 Å². The van der Waals surface area contributed by atoms with Crippen LogP contribution in [0.3, 0.4) is 0 Å². The van der Waals surface area contributed by atoms with Crippen LogP contribution in [0.5, 0.6) is 0 Å². The Hall–Kier alpha value is -2.05. The zero-order valence-corrected chi connectivity index (χ0v) is 10.1. The number of hydrogen-bond donors (Lipinski definition) is 4. The van der Waals surface area contributed by atoms with Gasteiger partial charge in [-0.1, -0.05) is 0 Å². The van der Waals surface area contributed by atoms with Gasteiger partial charge in [0.15, 0.2) is 0 Å². The van der Waals surface area contributed by atoms with Crippen LogP contribution in [0.25, 0.3) is 0 Å². The number of nitrogens with zero attached hydrogens (tertiary/aromatic N) is 1. The summed E-state index contributed by atoms with van der Waals surface area (Å²) in [6.45, 7) is 3.70. The van der Waals surface area contributed by atoms with Crippen molar-refractivity contribution in [2.24, 2.45) is 5.41 Å². The Morgan fingerprint density at radius 3 is 2.65 bits per heavy atom. The first-order chi connectivity index (χ1) is 7.88. The minimum Gasteiger partial charge on any atom is -0.383 e. The number of hydrogen-bond acceptors (Lipinski definition) is 4. The summed E-state index contributed by atoms with van der Waals surface area (Å²) in [6, 6.07) is 0. The van der Waals surface area contributed by atoms with Crippen LogP contribution >= 0.6 is 0 Å². The fourth-order valence-electron chi connectivity index (χ4n) is 1.29. The van der Waals surface area contributed by atoms with Crippen LogP contribution in [0.4, 0.5) is 5.82 Å². The van der Waals surface area contributed by atoms with E-state index in [1.165, 1.54) is 6.20 Å². The zero-order chi connectivity index (χ0) is 13.1. The maximum atomic E-state index is 11.7. The topological polar surface area (TPSA) is 113 Å². The summed E-state index contributed by atoms with van der Waals surface area (Å²) in [7, 11) is 1.56. The first-order valence-electron chi connectivity index (χ1n) is 5.17. The van der Waals surface area contributed by atoms with E-state index in [4.69, 9.17) is 5.73 Å². The summed E-state index contributed by atoms with van der Waals surface area (Å²) >= 11 is 0. The minimum atomic E-state index is -0.678. The van der Waals surface area contributed by atoms with Gasteiger partial charge >= 0.3 is 0 Å². The number of aromatic nitrogens is 2. The van der Waals surface area contributed by atoms with Gasteiger partial charge in [-0.3, -0.25) is 14.7 Å². The summed E-state index contributed by atoms with van der Waals surface area (Å²) in [5, 5.41) is 11.3. The minimum absolute atomic E-state index is 0.141. The largest absolute Gasteiger partial charge is 0.383 e. The quantitative estimate of drug-likeness (QED) is 0.567. The lowest BCUT2D eigenvalue weighted by Crippen LogP contribution is -2.43. The van der Waals surface area contributed by atoms with E-state index in [9.17, 15) is 9.59 Å². The van der Waals surface area contributed by atoms with Crippen molar-refractivity contribution in [3.63, 3.8) is 0 Å². The standard InChI is InChI=1S/C10H17N5O2/c1-10(2,9(17)12-3)5-13-8(16)6-4-14-15-7(6)11/h4H,5H2,1-3H3,(H,12,17)(H,13,16)(H3,11,14,15). The summed E-state index contributed by atoms with van der Waals surface area (Å²) in [4.78, 5) is 23.2. The fourth-order valence-corrected chi connectivity index (χ4v) is 1.29. The predicted molar refractivity (Wildman–Crippen MR) is 63.2 cm³/mol. The van der Waals surface area contributed by atoms with Crippen molar-refractivity contribution in [3.05, 3.63) is 11.8 Å². The molecule has 0 radical (unpaired) electrons. The zero-order valence-electron chi connectivity index (χ0n) is 10.1. The molecular formula is C10H17N5O2. The van der Waals surface area contributed by atoms with Gasteiger partial charge in [0, 0.05) is 13.6 Å². The van der Waals surface area contributed by atoms with Crippen molar-refractivity contribution >= 4 is 17.6 Å². The summed E-state index contributed by atoms with van der Waals surface area (Å²) < 4.78 is 0. The highest BCUT2D eigenvalue weighted by Crippen LogP contribution is 2.14. The Morgan fingerprint density at radius 1 is 1.53 bits per heavy atom. The molecule has 94 valence electrons. The van der Waals surface area contributed by atoms with Crippen LogP contribution < -0.4 is 16.4 Å². The number of nitrogen functional groups attached to an aromatic ring is 1. The van der Waals surface area contributed by atoms with E-state index in [1.54, 1.807) is 20.9 Å². The molecule has 0 fully saturated rings. The smallest absolute Gasteiger partial charge is 0.256 e. The van der Waals surface area contributed by atoms with Crippen LogP contribution in [0.1, 0.15) is 24.2 Å². The molecule has 0 saturated heterocycles. The van der Waals surface area contributed by atoms with E-state index in [-0.39, 0.29) is 29.7 Å². The lowest BCUT2D eigenvalue weighted by Gasteiger charge is -2.22. The maximum absolute atomic E-state index is 11.7. The maximum Gasteiger partial charge on any atom is 0.256 e. The van der Waals surface area contributed by atoms with E-state index >= 15 is 0 Å². The Morgan fingerprint density at radius 2 is 2.18 bits per heavy atom. The van der Waals surface area contributed by atoms with Gasteiger partial charge in [0.1, 0.15) is 11.4 Å². The number of nitrogens with one attached hydrogen (secondary N) is 3. The summed E-state index contributed by atoms with van der Waals surface area (Å²) in [6.07, 6.45) is 1.34. The second-order valence-electron chi connectivity index (χ2n) is 4.34. The van der Waals surface area contributed by atoms with Crippen LogP contribution in [-0.4, -0.2) is 35.6 Å². The number of H-pyrrole nitrogens is 1. The number of rotatable bonds is 4. The van der Waals surface area contributed by atoms with Crippen LogP contribution in [0.15, 0.2) is 6.20 Å². The number of nitrogens with two attached hydrogens (primary N) is 1. The molecule has 0 saturated carbocycles. The molecule has 0 aliphatic heterocycles. The first kappa shape index (κ1) is 13.0. The normalized spacial score (nSPS) is 11.0. The van der Waals surface area contributed by atoms with Crippen LogP contribution in [0, 0.1) is 5.41 Å². The SMILES string of the molecule is CNC(=O)C(C)(C)CNC(=O)c1cn[nH]c1N. The van der Waals surface area contributed by atoms with Crippen LogP contribution in [-0.2, 0) is 4.79 Å².